The monoisotopic (exact) mass is 449 g/mol. The van der Waals surface area contributed by atoms with Crippen molar-refractivity contribution in [1.82, 2.24) is 20.2 Å². The van der Waals surface area contributed by atoms with Crippen molar-refractivity contribution < 1.29 is 14.7 Å². The number of carbonyl (C=O) groups excluding carboxylic acids is 1. The zero-order valence-electron chi connectivity index (χ0n) is 15.1. The Bertz CT molecular complexity index is 1080. The van der Waals surface area contributed by atoms with Gasteiger partial charge in [0, 0.05) is 9.90 Å². The van der Waals surface area contributed by atoms with Crippen molar-refractivity contribution in [2.45, 2.75) is 30.8 Å². The molecule has 1 aliphatic rings. The lowest BCUT2D eigenvalue weighted by Crippen LogP contribution is -2.16. The summed E-state index contributed by atoms with van der Waals surface area (Å²) in [5, 5.41) is 25.3. The number of nitrogens with one attached hydrogen (secondary N) is 1. The van der Waals surface area contributed by atoms with E-state index in [1.165, 1.54) is 16.0 Å². The number of anilines is 1. The van der Waals surface area contributed by atoms with Gasteiger partial charge in [0.15, 0.2) is 0 Å². The van der Waals surface area contributed by atoms with Crippen LogP contribution in [0, 0.1) is 0 Å². The lowest BCUT2D eigenvalue weighted by atomic mass is 9.95. The van der Waals surface area contributed by atoms with Gasteiger partial charge in [-0.1, -0.05) is 29.4 Å². The number of fused-ring (bicyclic) bond motifs is 1. The van der Waals surface area contributed by atoms with E-state index in [4.69, 9.17) is 11.6 Å². The van der Waals surface area contributed by atoms with E-state index in [1.807, 2.05) is 6.07 Å². The van der Waals surface area contributed by atoms with Crippen LogP contribution in [-0.2, 0) is 17.6 Å². The molecule has 0 unspecified atom stereocenters. The molecule has 3 aromatic rings. The first-order valence-electron chi connectivity index (χ1n) is 8.87. The van der Waals surface area contributed by atoms with E-state index in [0.29, 0.717) is 20.9 Å². The van der Waals surface area contributed by atoms with Crippen LogP contribution >= 0.6 is 34.7 Å². The second-order valence-corrected chi connectivity index (χ2v) is 8.89. The Morgan fingerprint density at radius 3 is 2.93 bits per heavy atom. The van der Waals surface area contributed by atoms with Crippen LogP contribution in [0.1, 0.15) is 33.6 Å². The van der Waals surface area contributed by atoms with Crippen LogP contribution in [0.2, 0.25) is 5.02 Å². The quantitative estimate of drug-likeness (QED) is 0.552. The van der Waals surface area contributed by atoms with E-state index < -0.39 is 5.97 Å². The molecule has 0 saturated heterocycles. The number of aromatic nitrogens is 4. The van der Waals surface area contributed by atoms with E-state index in [9.17, 15) is 14.7 Å². The molecule has 4 rings (SSSR count). The number of carboxylic acid groups (broad SMARTS) is 1. The molecule has 0 aliphatic heterocycles. The largest absolute Gasteiger partial charge is 0.478 e. The molecule has 29 heavy (non-hydrogen) atoms. The average molecular weight is 450 g/mol. The fourth-order valence-electron chi connectivity index (χ4n) is 3.21. The van der Waals surface area contributed by atoms with Crippen LogP contribution in [-0.4, -0.2) is 42.9 Å². The summed E-state index contributed by atoms with van der Waals surface area (Å²) >= 11 is 8.54. The number of nitrogens with zero attached hydrogens (tertiary/aromatic N) is 4. The number of hydrogen-bond acceptors (Lipinski definition) is 7. The van der Waals surface area contributed by atoms with Crippen LogP contribution in [0.5, 0.6) is 0 Å². The molecule has 2 aromatic heterocycles. The maximum absolute atomic E-state index is 12.5. The average Bonchev–Trinajstić information content (AvgIpc) is 3.30. The third-order valence-electron chi connectivity index (χ3n) is 4.46. The highest BCUT2D eigenvalue weighted by Gasteiger charge is 2.26. The summed E-state index contributed by atoms with van der Waals surface area (Å²) < 4.78 is 1.50. The molecule has 1 aromatic carbocycles. The highest BCUT2D eigenvalue weighted by Crippen LogP contribution is 2.38. The summed E-state index contributed by atoms with van der Waals surface area (Å²) in [5.74, 6) is -1.27. The minimum Gasteiger partial charge on any atom is -0.478 e. The predicted molar refractivity (Wildman–Crippen MR) is 111 cm³/mol. The Hall–Kier alpha value is -2.43. The molecule has 150 valence electrons. The normalized spacial score (nSPS) is 13.1. The van der Waals surface area contributed by atoms with Gasteiger partial charge >= 0.3 is 5.97 Å². The van der Waals surface area contributed by atoms with Crippen molar-refractivity contribution in [1.29, 1.82) is 0 Å². The van der Waals surface area contributed by atoms with E-state index in [2.05, 4.69) is 20.8 Å². The minimum atomic E-state index is -1.00. The van der Waals surface area contributed by atoms with Crippen molar-refractivity contribution >= 4 is 51.6 Å². The summed E-state index contributed by atoms with van der Waals surface area (Å²) in [6, 6.07) is 7.06. The topological polar surface area (TPSA) is 110 Å². The first kappa shape index (κ1) is 19.9. The number of carboxylic acids is 1. The van der Waals surface area contributed by atoms with Gasteiger partial charge in [0.05, 0.1) is 17.0 Å². The number of halogens is 1. The van der Waals surface area contributed by atoms with E-state index in [-0.39, 0.29) is 17.2 Å². The SMILES string of the molecule is O=C(CSc1nnnn1-c1cccc(Cl)c1)Nc1sc2c(c1C(=O)O)CCCC2. The first-order chi connectivity index (χ1) is 14.0. The maximum Gasteiger partial charge on any atom is 0.339 e. The molecular formula is C18H16ClN5O3S2. The highest BCUT2D eigenvalue weighted by atomic mass is 35.5. The maximum atomic E-state index is 12.5. The standard InChI is InChI=1S/C18H16ClN5O3S2/c19-10-4-3-5-11(8-10)24-18(21-22-23-24)28-9-14(25)20-16-15(17(26)27)12-6-1-2-7-13(12)29-16/h3-5,8H,1-2,6-7,9H2,(H,20,25)(H,26,27). The van der Waals surface area contributed by atoms with Crippen molar-refractivity contribution in [2.24, 2.45) is 0 Å². The van der Waals surface area contributed by atoms with Gasteiger partial charge in [0.25, 0.3) is 0 Å². The van der Waals surface area contributed by atoms with Crippen molar-refractivity contribution in [3.63, 3.8) is 0 Å². The van der Waals surface area contributed by atoms with Crippen LogP contribution in [0.3, 0.4) is 0 Å². The van der Waals surface area contributed by atoms with Gasteiger partial charge in [0.2, 0.25) is 11.1 Å². The molecule has 2 heterocycles. The number of amides is 1. The Kier molecular flexibility index (Phi) is 5.84. The number of thiophene rings is 1. The van der Waals surface area contributed by atoms with Crippen LogP contribution in [0.4, 0.5) is 5.00 Å². The lowest BCUT2D eigenvalue weighted by molar-refractivity contribution is -0.113. The smallest absolute Gasteiger partial charge is 0.339 e. The van der Waals surface area contributed by atoms with Crippen molar-refractivity contribution in [2.75, 3.05) is 11.1 Å². The molecular weight excluding hydrogens is 434 g/mol. The van der Waals surface area contributed by atoms with Crippen LogP contribution < -0.4 is 5.32 Å². The number of hydrogen-bond donors (Lipinski definition) is 2. The van der Waals surface area contributed by atoms with Gasteiger partial charge in [-0.05, 0) is 59.9 Å². The predicted octanol–water partition coefficient (Wildman–Crippen LogP) is 3.69. The van der Waals surface area contributed by atoms with Crippen LogP contribution in [0.25, 0.3) is 5.69 Å². The number of tetrazole rings is 1. The summed E-state index contributed by atoms with van der Waals surface area (Å²) in [5.41, 5.74) is 1.78. The summed E-state index contributed by atoms with van der Waals surface area (Å²) in [4.78, 5) is 25.3. The van der Waals surface area contributed by atoms with Gasteiger partial charge in [-0.2, -0.15) is 4.68 Å². The molecule has 0 radical (unpaired) electrons. The molecule has 0 saturated carbocycles. The Morgan fingerprint density at radius 2 is 2.14 bits per heavy atom. The number of benzene rings is 1. The van der Waals surface area contributed by atoms with E-state index in [0.717, 1.165) is 47.9 Å². The molecule has 0 atom stereocenters. The fourth-order valence-corrected chi connectivity index (χ4v) is 5.38. The van der Waals surface area contributed by atoms with Crippen LogP contribution in [0.15, 0.2) is 29.4 Å². The molecule has 8 nitrogen and oxygen atoms in total. The number of rotatable bonds is 6. The Labute approximate surface area is 179 Å². The Balaban J connectivity index is 1.47. The zero-order chi connectivity index (χ0) is 20.4. The number of aromatic carboxylic acids is 1. The molecule has 1 aliphatic carbocycles. The van der Waals surface area contributed by atoms with Gasteiger partial charge in [0.1, 0.15) is 5.00 Å². The molecule has 11 heteroatoms. The lowest BCUT2D eigenvalue weighted by Gasteiger charge is -2.10. The molecule has 0 spiro atoms. The molecule has 0 fully saturated rings. The number of aryl methyl sites for hydroxylation is 1. The molecule has 1 amide bonds. The van der Waals surface area contributed by atoms with Gasteiger partial charge in [-0.3, -0.25) is 4.79 Å². The first-order valence-corrected chi connectivity index (χ1v) is 11.1. The Morgan fingerprint density at radius 1 is 1.31 bits per heavy atom. The van der Waals surface area contributed by atoms with E-state index >= 15 is 0 Å². The van der Waals surface area contributed by atoms with Gasteiger partial charge < -0.3 is 10.4 Å². The second kappa shape index (κ2) is 8.52. The second-order valence-electron chi connectivity index (χ2n) is 6.41. The fraction of sp³-hybridized carbons (Fsp3) is 0.278. The zero-order valence-corrected chi connectivity index (χ0v) is 17.5. The van der Waals surface area contributed by atoms with Gasteiger partial charge in [-0.15, -0.1) is 16.4 Å². The third kappa shape index (κ3) is 4.29. The minimum absolute atomic E-state index is 0.0442. The van der Waals surface area contributed by atoms with E-state index in [1.54, 1.807) is 18.2 Å². The highest BCUT2D eigenvalue weighted by molar-refractivity contribution is 7.99. The molecule has 0 bridgehead atoms. The summed E-state index contributed by atoms with van der Waals surface area (Å²) in [6.07, 6.45) is 3.62. The number of carbonyl (C=O) groups is 2. The third-order valence-corrected chi connectivity index (χ3v) is 6.83. The van der Waals surface area contributed by atoms with Crippen molar-refractivity contribution in [3.8, 4) is 5.69 Å². The van der Waals surface area contributed by atoms with Gasteiger partial charge in [-0.25, -0.2) is 4.79 Å². The summed E-state index contributed by atoms with van der Waals surface area (Å²) in [7, 11) is 0. The summed E-state index contributed by atoms with van der Waals surface area (Å²) in [6.45, 7) is 0. The molecule has 2 N–H and O–H groups in total. The van der Waals surface area contributed by atoms with Crippen molar-refractivity contribution in [3.05, 3.63) is 45.3 Å². The number of thioether (sulfide) groups is 1.